The number of aryl methyl sites for hydroxylation is 2. The number of nitrogens with two attached hydrogens (primary N) is 1. The highest BCUT2D eigenvalue weighted by molar-refractivity contribution is 9.10. The number of nitrogen functional groups attached to an aromatic ring is 1. The number of nitrogens with one attached hydrogen (secondary N) is 1. The van der Waals surface area contributed by atoms with E-state index in [1.165, 1.54) is 11.1 Å². The van der Waals surface area contributed by atoms with Gasteiger partial charge in [-0.25, -0.2) is 0 Å². The van der Waals surface area contributed by atoms with E-state index in [2.05, 4.69) is 48.0 Å². The Morgan fingerprint density at radius 3 is 2.53 bits per heavy atom. The molecular formula is C15H15BrN2S. The van der Waals surface area contributed by atoms with Crippen LogP contribution in [0.15, 0.2) is 50.7 Å². The summed E-state index contributed by atoms with van der Waals surface area (Å²) in [6.07, 6.45) is 0. The summed E-state index contributed by atoms with van der Waals surface area (Å²) < 4.78 is 0.855. The summed E-state index contributed by atoms with van der Waals surface area (Å²) in [5.74, 6) is 0.0822. The molecule has 0 heterocycles. The van der Waals surface area contributed by atoms with E-state index in [-0.39, 0.29) is 5.84 Å². The first-order chi connectivity index (χ1) is 8.99. The maximum Gasteiger partial charge on any atom is 0.125 e. The van der Waals surface area contributed by atoms with Crippen molar-refractivity contribution in [2.45, 2.75) is 23.6 Å². The first-order valence-electron chi connectivity index (χ1n) is 5.87. The van der Waals surface area contributed by atoms with Crippen molar-refractivity contribution in [2.24, 2.45) is 5.73 Å². The molecule has 19 heavy (non-hydrogen) atoms. The van der Waals surface area contributed by atoms with E-state index in [0.717, 1.165) is 19.8 Å². The lowest BCUT2D eigenvalue weighted by atomic mass is 10.1. The van der Waals surface area contributed by atoms with E-state index >= 15 is 0 Å². The van der Waals surface area contributed by atoms with Gasteiger partial charge in [0.2, 0.25) is 0 Å². The van der Waals surface area contributed by atoms with Gasteiger partial charge in [-0.2, -0.15) is 0 Å². The predicted molar refractivity (Wildman–Crippen MR) is 85.2 cm³/mol. The standard InChI is InChI=1S/C15H15BrN2S/c1-9-6-7-11(8-10(9)2)19-13-5-3-4-12(16)14(13)15(17)18/h3-8H,1-2H3,(H3,17,18). The van der Waals surface area contributed by atoms with Crippen LogP contribution in [0.3, 0.4) is 0 Å². The molecular weight excluding hydrogens is 320 g/mol. The van der Waals surface area contributed by atoms with Crippen LogP contribution in [0.1, 0.15) is 16.7 Å². The molecule has 0 radical (unpaired) electrons. The number of rotatable bonds is 3. The molecule has 4 heteroatoms. The summed E-state index contributed by atoms with van der Waals surface area (Å²) in [5, 5.41) is 7.69. The molecule has 0 aliphatic carbocycles. The molecule has 0 unspecified atom stereocenters. The maximum absolute atomic E-state index is 7.69. The van der Waals surface area contributed by atoms with Crippen LogP contribution in [0.5, 0.6) is 0 Å². The summed E-state index contributed by atoms with van der Waals surface area (Å²) in [6.45, 7) is 4.20. The summed E-state index contributed by atoms with van der Waals surface area (Å²) in [4.78, 5) is 2.15. The molecule has 2 aromatic rings. The zero-order chi connectivity index (χ0) is 14.0. The number of halogens is 1. The summed E-state index contributed by atoms with van der Waals surface area (Å²) >= 11 is 5.08. The van der Waals surface area contributed by atoms with Gasteiger partial charge in [0.1, 0.15) is 5.84 Å². The highest BCUT2D eigenvalue weighted by atomic mass is 79.9. The number of hydrogen-bond acceptors (Lipinski definition) is 2. The van der Waals surface area contributed by atoms with Crippen LogP contribution in [-0.4, -0.2) is 5.84 Å². The van der Waals surface area contributed by atoms with Gasteiger partial charge in [-0.05, 0) is 65.2 Å². The number of amidine groups is 1. The summed E-state index contributed by atoms with van der Waals surface area (Å²) in [6, 6.07) is 12.2. The lowest BCUT2D eigenvalue weighted by molar-refractivity contribution is 1.27. The van der Waals surface area contributed by atoms with Gasteiger partial charge in [0.15, 0.2) is 0 Å². The molecule has 0 bridgehead atoms. The van der Waals surface area contributed by atoms with Crippen LogP contribution in [0.25, 0.3) is 0 Å². The maximum atomic E-state index is 7.69. The molecule has 0 aliphatic rings. The Kier molecular flexibility index (Phi) is 4.32. The number of benzene rings is 2. The third-order valence-corrected chi connectivity index (χ3v) is 4.66. The molecule has 0 amide bonds. The van der Waals surface area contributed by atoms with Gasteiger partial charge in [0, 0.05) is 19.8 Å². The van der Waals surface area contributed by atoms with Crippen LogP contribution in [0.2, 0.25) is 0 Å². The zero-order valence-electron chi connectivity index (χ0n) is 10.8. The Labute approximate surface area is 126 Å². The molecule has 0 fully saturated rings. The van der Waals surface area contributed by atoms with Crippen LogP contribution in [-0.2, 0) is 0 Å². The van der Waals surface area contributed by atoms with Gasteiger partial charge >= 0.3 is 0 Å². The fourth-order valence-electron chi connectivity index (χ4n) is 1.76. The van der Waals surface area contributed by atoms with Gasteiger partial charge in [0.05, 0.1) is 0 Å². The molecule has 0 spiro atoms. The van der Waals surface area contributed by atoms with E-state index in [1.54, 1.807) is 11.8 Å². The van der Waals surface area contributed by atoms with Crippen molar-refractivity contribution in [1.82, 2.24) is 0 Å². The predicted octanol–water partition coefficient (Wildman–Crippen LogP) is 4.50. The van der Waals surface area contributed by atoms with E-state index in [0.29, 0.717) is 0 Å². The van der Waals surface area contributed by atoms with Gasteiger partial charge in [0.25, 0.3) is 0 Å². The second kappa shape index (κ2) is 5.80. The fourth-order valence-corrected chi connectivity index (χ4v) is 3.56. The highest BCUT2D eigenvalue weighted by Crippen LogP contribution is 2.34. The second-order valence-electron chi connectivity index (χ2n) is 4.37. The Morgan fingerprint density at radius 2 is 1.89 bits per heavy atom. The molecule has 0 saturated heterocycles. The third kappa shape index (κ3) is 3.19. The largest absolute Gasteiger partial charge is 0.384 e. The first kappa shape index (κ1) is 14.2. The van der Waals surface area contributed by atoms with Crippen molar-refractivity contribution >= 4 is 33.5 Å². The molecule has 0 atom stereocenters. The quantitative estimate of drug-likeness (QED) is 0.641. The highest BCUT2D eigenvalue weighted by Gasteiger charge is 2.11. The van der Waals surface area contributed by atoms with Crippen molar-refractivity contribution in [3.8, 4) is 0 Å². The molecule has 0 saturated carbocycles. The second-order valence-corrected chi connectivity index (χ2v) is 6.34. The first-order valence-corrected chi connectivity index (χ1v) is 7.48. The fraction of sp³-hybridized carbons (Fsp3) is 0.133. The van der Waals surface area contributed by atoms with Crippen molar-refractivity contribution in [1.29, 1.82) is 5.41 Å². The molecule has 2 aromatic carbocycles. The topological polar surface area (TPSA) is 49.9 Å². The number of hydrogen-bond donors (Lipinski definition) is 2. The minimum absolute atomic E-state index is 0.0822. The van der Waals surface area contributed by atoms with Gasteiger partial charge < -0.3 is 5.73 Å². The lowest BCUT2D eigenvalue weighted by Crippen LogP contribution is -2.13. The summed E-state index contributed by atoms with van der Waals surface area (Å²) in [5.41, 5.74) is 8.97. The Hall–Kier alpha value is -1.26. The van der Waals surface area contributed by atoms with Crippen molar-refractivity contribution in [3.05, 3.63) is 57.6 Å². The van der Waals surface area contributed by atoms with Gasteiger partial charge in [-0.1, -0.05) is 23.9 Å². The third-order valence-electron chi connectivity index (χ3n) is 2.95. The smallest absolute Gasteiger partial charge is 0.125 e. The minimum Gasteiger partial charge on any atom is -0.384 e. The van der Waals surface area contributed by atoms with Crippen molar-refractivity contribution in [2.75, 3.05) is 0 Å². The van der Waals surface area contributed by atoms with Crippen LogP contribution < -0.4 is 5.73 Å². The summed E-state index contributed by atoms with van der Waals surface area (Å²) in [7, 11) is 0. The molecule has 0 aromatic heterocycles. The normalized spacial score (nSPS) is 10.5. The van der Waals surface area contributed by atoms with Gasteiger partial charge in [-0.15, -0.1) is 0 Å². The Morgan fingerprint density at radius 1 is 1.16 bits per heavy atom. The molecule has 2 rings (SSSR count). The van der Waals surface area contributed by atoms with E-state index in [4.69, 9.17) is 11.1 Å². The minimum atomic E-state index is 0.0822. The van der Waals surface area contributed by atoms with Crippen molar-refractivity contribution in [3.63, 3.8) is 0 Å². The van der Waals surface area contributed by atoms with E-state index in [9.17, 15) is 0 Å². The van der Waals surface area contributed by atoms with Crippen LogP contribution in [0, 0.1) is 19.3 Å². The zero-order valence-corrected chi connectivity index (χ0v) is 13.2. The average molecular weight is 335 g/mol. The van der Waals surface area contributed by atoms with E-state index in [1.807, 2.05) is 18.2 Å². The Balaban J connectivity index is 2.40. The van der Waals surface area contributed by atoms with Crippen molar-refractivity contribution < 1.29 is 0 Å². The van der Waals surface area contributed by atoms with Gasteiger partial charge in [-0.3, -0.25) is 5.41 Å². The Bertz CT molecular complexity index is 638. The average Bonchev–Trinajstić information content (AvgIpc) is 2.33. The lowest BCUT2D eigenvalue weighted by Gasteiger charge is -2.10. The molecule has 2 nitrogen and oxygen atoms in total. The molecule has 3 N–H and O–H groups in total. The van der Waals surface area contributed by atoms with Crippen LogP contribution >= 0.6 is 27.7 Å². The SMILES string of the molecule is Cc1ccc(Sc2cccc(Br)c2C(=N)N)cc1C. The van der Waals surface area contributed by atoms with E-state index < -0.39 is 0 Å². The molecule has 0 aliphatic heterocycles. The monoisotopic (exact) mass is 334 g/mol. The van der Waals surface area contributed by atoms with Crippen LogP contribution in [0.4, 0.5) is 0 Å². The molecule has 98 valence electrons.